The average Bonchev–Trinajstić information content (AvgIpc) is 2.28. The van der Waals surface area contributed by atoms with Crippen LogP contribution in [0.2, 0.25) is 5.02 Å². The Morgan fingerprint density at radius 3 is 2.26 bits per heavy atom. The average molecular weight is 287 g/mol. The fraction of sp³-hybridized carbons (Fsp3) is 0.500. The monoisotopic (exact) mass is 286 g/mol. The molecule has 0 aliphatic rings. The molecule has 0 spiro atoms. The fourth-order valence-corrected chi connectivity index (χ4v) is 2.38. The Kier molecular flexibility index (Phi) is 4.69. The van der Waals surface area contributed by atoms with E-state index in [0.717, 1.165) is 11.1 Å². The van der Waals surface area contributed by atoms with Crippen molar-refractivity contribution in [3.8, 4) is 11.5 Å². The minimum atomic E-state index is -0.891. The highest BCUT2D eigenvalue weighted by Gasteiger charge is 2.30. The van der Waals surface area contributed by atoms with Crippen molar-refractivity contribution in [1.29, 1.82) is 0 Å². The van der Waals surface area contributed by atoms with Gasteiger partial charge in [0.05, 0.1) is 24.7 Å². The highest BCUT2D eigenvalue weighted by atomic mass is 35.5. The molecule has 19 heavy (non-hydrogen) atoms. The molecule has 0 fully saturated rings. The van der Waals surface area contributed by atoms with Gasteiger partial charge >= 0.3 is 5.97 Å². The van der Waals surface area contributed by atoms with Crippen molar-refractivity contribution < 1.29 is 19.4 Å². The summed E-state index contributed by atoms with van der Waals surface area (Å²) in [7, 11) is 3.08. The molecule has 1 aromatic rings. The zero-order valence-corrected chi connectivity index (χ0v) is 12.6. The summed E-state index contributed by atoms with van der Waals surface area (Å²) >= 11 is 6.14. The lowest BCUT2D eigenvalue weighted by Gasteiger charge is -2.22. The van der Waals surface area contributed by atoms with E-state index < -0.39 is 11.4 Å². The first-order valence-electron chi connectivity index (χ1n) is 5.88. The molecular weight excluding hydrogens is 268 g/mol. The zero-order chi connectivity index (χ0) is 14.8. The molecule has 0 aliphatic carbocycles. The molecule has 0 heterocycles. The van der Waals surface area contributed by atoms with Crippen LogP contribution in [-0.4, -0.2) is 25.3 Å². The summed E-state index contributed by atoms with van der Waals surface area (Å²) in [5.74, 6) is 0.310. The molecule has 1 aromatic carbocycles. The van der Waals surface area contributed by atoms with Gasteiger partial charge in [-0.1, -0.05) is 11.6 Å². The van der Waals surface area contributed by atoms with Gasteiger partial charge in [0.1, 0.15) is 11.5 Å². The zero-order valence-electron chi connectivity index (χ0n) is 11.8. The van der Waals surface area contributed by atoms with Crippen LogP contribution >= 0.6 is 11.6 Å². The largest absolute Gasteiger partial charge is 0.496 e. The third-order valence-corrected chi connectivity index (χ3v) is 3.39. The Bertz CT molecular complexity index is 495. The van der Waals surface area contributed by atoms with Crippen LogP contribution in [0.25, 0.3) is 0 Å². The summed E-state index contributed by atoms with van der Waals surface area (Å²) in [6, 6.07) is 1.71. The van der Waals surface area contributed by atoms with Gasteiger partial charge in [-0.05, 0) is 38.8 Å². The Balaban J connectivity index is 3.33. The molecule has 0 aromatic heterocycles. The number of rotatable bonds is 5. The number of carboxylic acids is 1. The van der Waals surface area contributed by atoms with E-state index >= 15 is 0 Å². The second kappa shape index (κ2) is 5.70. The summed E-state index contributed by atoms with van der Waals surface area (Å²) in [5.41, 5.74) is 0.643. The molecule has 0 bridgehead atoms. The van der Waals surface area contributed by atoms with Crippen LogP contribution in [0.4, 0.5) is 0 Å². The minimum Gasteiger partial charge on any atom is -0.496 e. The lowest BCUT2D eigenvalue weighted by atomic mass is 9.85. The van der Waals surface area contributed by atoms with Crippen LogP contribution in [0, 0.1) is 12.3 Å². The normalized spacial score (nSPS) is 11.3. The molecular formula is C14H19ClO4. The molecule has 0 radical (unpaired) electrons. The van der Waals surface area contributed by atoms with Gasteiger partial charge in [-0.2, -0.15) is 0 Å². The number of aliphatic carboxylic acids is 1. The number of methoxy groups -OCH3 is 2. The first kappa shape index (κ1) is 15.6. The molecule has 0 aliphatic heterocycles. The molecule has 1 rings (SSSR count). The van der Waals surface area contributed by atoms with Gasteiger partial charge in [0.15, 0.2) is 0 Å². The third kappa shape index (κ3) is 3.13. The van der Waals surface area contributed by atoms with Crippen LogP contribution < -0.4 is 9.47 Å². The summed E-state index contributed by atoms with van der Waals surface area (Å²) in [6.45, 7) is 5.17. The van der Waals surface area contributed by atoms with Crippen molar-refractivity contribution in [3.63, 3.8) is 0 Å². The number of hydrogen-bond acceptors (Lipinski definition) is 3. The lowest BCUT2D eigenvalue weighted by Crippen LogP contribution is -2.26. The summed E-state index contributed by atoms with van der Waals surface area (Å²) in [6.07, 6.45) is 0.329. The van der Waals surface area contributed by atoms with Gasteiger partial charge in [0, 0.05) is 5.56 Å². The second-order valence-electron chi connectivity index (χ2n) is 5.07. The van der Waals surface area contributed by atoms with E-state index in [2.05, 4.69) is 0 Å². The molecule has 4 nitrogen and oxygen atoms in total. The molecule has 1 N–H and O–H groups in total. The molecule has 106 valence electrons. The van der Waals surface area contributed by atoms with E-state index in [1.165, 1.54) is 7.11 Å². The lowest BCUT2D eigenvalue weighted by molar-refractivity contribution is -0.146. The van der Waals surface area contributed by atoms with E-state index in [-0.39, 0.29) is 0 Å². The maximum Gasteiger partial charge on any atom is 0.309 e. The van der Waals surface area contributed by atoms with Crippen molar-refractivity contribution in [2.45, 2.75) is 27.2 Å². The Morgan fingerprint density at radius 2 is 1.84 bits per heavy atom. The van der Waals surface area contributed by atoms with Gasteiger partial charge < -0.3 is 14.6 Å². The number of benzene rings is 1. The maximum absolute atomic E-state index is 11.2. The van der Waals surface area contributed by atoms with E-state index in [1.807, 2.05) is 6.92 Å². The molecule has 0 saturated carbocycles. The van der Waals surface area contributed by atoms with Crippen molar-refractivity contribution in [2.24, 2.45) is 5.41 Å². The van der Waals surface area contributed by atoms with E-state index in [0.29, 0.717) is 22.9 Å². The number of ether oxygens (including phenoxy) is 2. The maximum atomic E-state index is 11.2. The minimum absolute atomic E-state index is 0.329. The van der Waals surface area contributed by atoms with Crippen LogP contribution in [-0.2, 0) is 11.2 Å². The van der Waals surface area contributed by atoms with Gasteiger partial charge in [-0.25, -0.2) is 0 Å². The predicted molar refractivity (Wildman–Crippen MR) is 74.4 cm³/mol. The second-order valence-corrected chi connectivity index (χ2v) is 5.48. The SMILES string of the molecule is COc1c(Cl)cc(CC(C)(C)C(=O)O)c(OC)c1C. The van der Waals surface area contributed by atoms with Gasteiger partial charge in [0.2, 0.25) is 0 Å². The number of carboxylic acid groups (broad SMARTS) is 1. The van der Waals surface area contributed by atoms with Crippen molar-refractivity contribution in [1.82, 2.24) is 0 Å². The Hall–Kier alpha value is -1.42. The number of carbonyl (C=O) groups is 1. The van der Waals surface area contributed by atoms with Crippen molar-refractivity contribution >= 4 is 17.6 Å². The molecule has 0 atom stereocenters. The van der Waals surface area contributed by atoms with Crippen LogP contribution in [0.5, 0.6) is 11.5 Å². The smallest absolute Gasteiger partial charge is 0.309 e. The number of hydrogen-bond donors (Lipinski definition) is 1. The van der Waals surface area contributed by atoms with E-state index in [4.69, 9.17) is 21.1 Å². The molecule has 0 saturated heterocycles. The van der Waals surface area contributed by atoms with Gasteiger partial charge in [-0.3, -0.25) is 4.79 Å². The standard InChI is InChI=1S/C14H19ClO4/c1-8-11(18-4)9(6-10(15)12(8)19-5)7-14(2,3)13(16)17/h6H,7H2,1-5H3,(H,16,17). The molecule has 5 heteroatoms. The molecule has 0 amide bonds. The highest BCUT2D eigenvalue weighted by molar-refractivity contribution is 6.32. The van der Waals surface area contributed by atoms with E-state index in [1.54, 1.807) is 27.0 Å². The first-order valence-corrected chi connectivity index (χ1v) is 6.25. The van der Waals surface area contributed by atoms with Gasteiger partial charge in [0.25, 0.3) is 0 Å². The van der Waals surface area contributed by atoms with E-state index in [9.17, 15) is 9.90 Å². The summed E-state index contributed by atoms with van der Waals surface area (Å²) in [5, 5.41) is 9.66. The summed E-state index contributed by atoms with van der Waals surface area (Å²) < 4.78 is 10.6. The molecule has 0 unspecified atom stereocenters. The third-order valence-electron chi connectivity index (χ3n) is 3.11. The predicted octanol–water partition coefficient (Wildman–Crippen LogP) is 3.32. The highest BCUT2D eigenvalue weighted by Crippen LogP contribution is 2.40. The van der Waals surface area contributed by atoms with Crippen LogP contribution in [0.3, 0.4) is 0 Å². The first-order chi connectivity index (χ1) is 8.74. The Labute approximate surface area is 118 Å². The Morgan fingerprint density at radius 1 is 1.32 bits per heavy atom. The van der Waals surface area contributed by atoms with Crippen molar-refractivity contribution in [2.75, 3.05) is 14.2 Å². The van der Waals surface area contributed by atoms with Crippen molar-refractivity contribution in [3.05, 3.63) is 22.2 Å². The van der Waals surface area contributed by atoms with Gasteiger partial charge in [-0.15, -0.1) is 0 Å². The van der Waals surface area contributed by atoms with Crippen LogP contribution in [0.15, 0.2) is 6.07 Å². The topological polar surface area (TPSA) is 55.8 Å². The fourth-order valence-electron chi connectivity index (χ4n) is 2.02. The number of halogens is 1. The van der Waals surface area contributed by atoms with Crippen LogP contribution in [0.1, 0.15) is 25.0 Å². The quantitative estimate of drug-likeness (QED) is 0.902. The summed E-state index contributed by atoms with van der Waals surface area (Å²) in [4.78, 5) is 11.2.